The van der Waals surface area contributed by atoms with Gasteiger partial charge in [0.15, 0.2) is 0 Å². The second-order valence-corrected chi connectivity index (χ2v) is 13.2. The van der Waals surface area contributed by atoms with E-state index in [0.717, 1.165) is 61.3 Å². The number of amides is 6. The Balaban J connectivity index is 1.32. The van der Waals surface area contributed by atoms with E-state index < -0.39 is 64.8 Å². The zero-order chi connectivity index (χ0) is 35.8. The van der Waals surface area contributed by atoms with Gasteiger partial charge in [-0.2, -0.15) is 0 Å². The van der Waals surface area contributed by atoms with E-state index in [0.29, 0.717) is 12.6 Å². The number of hydrogen-bond donors (Lipinski definition) is 6. The summed E-state index contributed by atoms with van der Waals surface area (Å²) in [6, 6.07) is -1.32. The van der Waals surface area contributed by atoms with Crippen LogP contribution in [0.25, 0.3) is 0 Å². The van der Waals surface area contributed by atoms with Crippen LogP contribution in [0, 0.1) is 0 Å². The van der Waals surface area contributed by atoms with Gasteiger partial charge in [0.1, 0.15) is 6.04 Å². The number of carbonyl (C=O) groups excluding carboxylic acids is 6. The number of carbonyl (C=O) groups is 8. The van der Waals surface area contributed by atoms with Gasteiger partial charge in [0.2, 0.25) is 35.4 Å². The molecule has 0 spiro atoms. The molecule has 6 N–H and O–H groups in total. The van der Waals surface area contributed by atoms with Crippen LogP contribution in [0.2, 0.25) is 0 Å². The van der Waals surface area contributed by atoms with Gasteiger partial charge < -0.3 is 41.0 Å². The summed E-state index contributed by atoms with van der Waals surface area (Å²) in [4.78, 5) is 98.3. The fourth-order valence-electron chi connectivity index (χ4n) is 4.87. The summed E-state index contributed by atoms with van der Waals surface area (Å²) < 4.78 is 10.8. The lowest BCUT2D eigenvalue weighted by molar-refractivity contribution is -0.141. The average Bonchev–Trinajstić information content (AvgIpc) is 3.27. The molecule has 2 atom stereocenters. The van der Waals surface area contributed by atoms with E-state index in [1.165, 1.54) is 0 Å². The minimum Gasteiger partial charge on any atom is -0.481 e. The highest BCUT2D eigenvalue weighted by molar-refractivity contribution is 8.00. The summed E-state index contributed by atoms with van der Waals surface area (Å²) in [6.45, 7) is 1.09. The number of hydrogen-bond acceptors (Lipinski definition) is 11. The van der Waals surface area contributed by atoms with Gasteiger partial charge in [0.05, 0.1) is 38.1 Å². The van der Waals surface area contributed by atoms with E-state index in [1.807, 2.05) is 0 Å². The maximum Gasteiger partial charge on any atom is 0.327 e. The summed E-state index contributed by atoms with van der Waals surface area (Å²) in [6.07, 6.45) is 5.60. The summed E-state index contributed by atoms with van der Waals surface area (Å²) in [5.74, 6) is -6.45. The van der Waals surface area contributed by atoms with E-state index in [4.69, 9.17) is 9.47 Å². The lowest BCUT2D eigenvalue weighted by Gasteiger charge is -2.26. The molecular weight excluding hydrogens is 666 g/mol. The van der Waals surface area contributed by atoms with Crippen LogP contribution < -0.4 is 21.3 Å². The minimum atomic E-state index is -1.55. The standard InChI is InChI=1S/C31H45N5O12S/c37-24(32-9-12-48-14-13-47-11-8-25(38)33-20-3-1-4-20)7-10-36-27(40)17-23(30(36)44)49-18-22(31(45)46)35-29(43)19(16-28(41)42)15-26(39)34-21-5-2-6-21/h15,20-23H,1-14,16-18H2,(H,32,37)(H,33,38)(H,34,39)(H,35,43)(H,41,42)(H,45,46)/b19-15-. The van der Waals surface area contributed by atoms with E-state index in [-0.39, 0.29) is 69.9 Å². The van der Waals surface area contributed by atoms with Crippen molar-refractivity contribution in [3.63, 3.8) is 0 Å². The van der Waals surface area contributed by atoms with Gasteiger partial charge in [-0.25, -0.2) is 4.79 Å². The van der Waals surface area contributed by atoms with Gasteiger partial charge in [0.25, 0.3) is 0 Å². The normalized spacial score (nSPS) is 18.7. The molecule has 18 heteroatoms. The number of rotatable bonds is 23. The van der Waals surface area contributed by atoms with Gasteiger partial charge >= 0.3 is 11.9 Å². The number of aliphatic carboxylic acids is 2. The fraction of sp³-hybridized carbons (Fsp3) is 0.677. The molecule has 3 fully saturated rings. The largest absolute Gasteiger partial charge is 0.481 e. The molecule has 2 unspecified atom stereocenters. The molecule has 3 rings (SSSR count). The molecule has 1 heterocycles. The van der Waals surface area contributed by atoms with E-state index >= 15 is 0 Å². The van der Waals surface area contributed by atoms with Crippen LogP contribution in [-0.2, 0) is 47.8 Å². The lowest BCUT2D eigenvalue weighted by atomic mass is 9.93. The van der Waals surface area contributed by atoms with Crippen LogP contribution in [0.15, 0.2) is 11.6 Å². The minimum absolute atomic E-state index is 0.0296. The summed E-state index contributed by atoms with van der Waals surface area (Å²) in [5, 5.41) is 28.3. The van der Waals surface area contributed by atoms with Crippen molar-refractivity contribution in [3.05, 3.63) is 11.6 Å². The van der Waals surface area contributed by atoms with Gasteiger partial charge in [0, 0.05) is 61.8 Å². The van der Waals surface area contributed by atoms with Gasteiger partial charge in [-0.3, -0.25) is 38.5 Å². The molecule has 6 amide bonds. The Morgan fingerprint density at radius 3 is 2.14 bits per heavy atom. The molecule has 1 aliphatic heterocycles. The molecule has 0 aromatic heterocycles. The number of carboxylic acids is 2. The molecule has 272 valence electrons. The second-order valence-electron chi connectivity index (χ2n) is 11.9. The van der Waals surface area contributed by atoms with Crippen molar-refractivity contribution in [2.45, 2.75) is 87.6 Å². The molecule has 1 saturated heterocycles. The van der Waals surface area contributed by atoms with E-state index in [9.17, 15) is 48.6 Å². The van der Waals surface area contributed by atoms with Gasteiger partial charge in [-0.05, 0) is 38.5 Å². The van der Waals surface area contributed by atoms with Crippen molar-refractivity contribution in [2.24, 2.45) is 0 Å². The Labute approximate surface area is 287 Å². The second kappa shape index (κ2) is 20.5. The molecule has 0 aromatic carbocycles. The van der Waals surface area contributed by atoms with Crippen molar-refractivity contribution >= 4 is 59.1 Å². The van der Waals surface area contributed by atoms with Crippen LogP contribution >= 0.6 is 11.8 Å². The Bertz CT molecular complexity index is 1270. The first-order valence-electron chi connectivity index (χ1n) is 16.4. The number of nitrogens with zero attached hydrogens (tertiary/aromatic N) is 1. The molecule has 17 nitrogen and oxygen atoms in total. The number of likely N-dealkylation sites (tertiary alicyclic amines) is 1. The van der Waals surface area contributed by atoms with Gasteiger partial charge in [-0.1, -0.05) is 0 Å². The number of imide groups is 1. The molecule has 49 heavy (non-hydrogen) atoms. The third kappa shape index (κ3) is 14.2. The SMILES string of the molecule is O=C(O)C/C(=C/C(=O)NC1CCC1)C(=O)NC(CSC1CC(=O)N(CCC(=O)NCCOCCOCCC(=O)NC2CCC2)C1=O)C(=O)O. The summed E-state index contributed by atoms with van der Waals surface area (Å²) in [5.41, 5.74) is -0.436. The molecule has 2 saturated carbocycles. The zero-order valence-electron chi connectivity index (χ0n) is 27.2. The van der Waals surface area contributed by atoms with Crippen LogP contribution in [-0.4, -0.2) is 131 Å². The third-order valence-electron chi connectivity index (χ3n) is 8.11. The van der Waals surface area contributed by atoms with E-state index in [1.54, 1.807) is 0 Å². The van der Waals surface area contributed by atoms with Crippen molar-refractivity contribution in [1.29, 1.82) is 0 Å². The first-order chi connectivity index (χ1) is 23.4. The third-order valence-corrected chi connectivity index (χ3v) is 9.40. The van der Waals surface area contributed by atoms with Crippen molar-refractivity contribution in [3.8, 4) is 0 Å². The summed E-state index contributed by atoms with van der Waals surface area (Å²) in [7, 11) is 0. The van der Waals surface area contributed by atoms with Crippen molar-refractivity contribution < 1.29 is 58.0 Å². The zero-order valence-corrected chi connectivity index (χ0v) is 28.1. The predicted octanol–water partition coefficient (Wildman–Crippen LogP) is -0.915. The molecule has 0 bridgehead atoms. The number of thioether (sulfide) groups is 1. The Kier molecular flexibility index (Phi) is 16.5. The van der Waals surface area contributed by atoms with Crippen LogP contribution in [0.1, 0.15) is 64.2 Å². The lowest BCUT2D eigenvalue weighted by Crippen LogP contribution is -2.44. The first kappa shape index (κ1) is 39.4. The monoisotopic (exact) mass is 711 g/mol. The highest BCUT2D eigenvalue weighted by atomic mass is 32.2. The smallest absolute Gasteiger partial charge is 0.327 e. The Hall–Kier alpha value is -4.03. The Morgan fingerprint density at radius 2 is 1.53 bits per heavy atom. The Morgan fingerprint density at radius 1 is 0.878 bits per heavy atom. The molecule has 2 aliphatic carbocycles. The molecule has 0 aromatic rings. The first-order valence-corrected chi connectivity index (χ1v) is 17.4. The summed E-state index contributed by atoms with van der Waals surface area (Å²) >= 11 is 0.834. The highest BCUT2D eigenvalue weighted by Gasteiger charge is 2.39. The van der Waals surface area contributed by atoms with Gasteiger partial charge in [-0.15, -0.1) is 11.8 Å². The topological polar surface area (TPSA) is 247 Å². The molecule has 3 aliphatic rings. The molecule has 0 radical (unpaired) electrons. The quantitative estimate of drug-likeness (QED) is 0.0427. The fourth-order valence-corrected chi connectivity index (χ4v) is 6.05. The highest BCUT2D eigenvalue weighted by Crippen LogP contribution is 2.26. The maximum absolute atomic E-state index is 12.9. The van der Waals surface area contributed by atoms with Crippen molar-refractivity contribution in [2.75, 3.05) is 45.3 Å². The number of nitrogens with one attached hydrogen (secondary N) is 4. The molecular formula is C31H45N5O12S. The number of ether oxygens (including phenoxy) is 2. The maximum atomic E-state index is 12.9. The van der Waals surface area contributed by atoms with Crippen LogP contribution in [0.4, 0.5) is 0 Å². The van der Waals surface area contributed by atoms with Crippen molar-refractivity contribution in [1.82, 2.24) is 26.2 Å². The van der Waals surface area contributed by atoms with E-state index in [2.05, 4.69) is 21.3 Å². The number of carboxylic acid groups (broad SMARTS) is 2. The predicted molar refractivity (Wildman–Crippen MR) is 173 cm³/mol. The van der Waals surface area contributed by atoms with Crippen LogP contribution in [0.3, 0.4) is 0 Å². The van der Waals surface area contributed by atoms with Crippen LogP contribution in [0.5, 0.6) is 0 Å². The average molecular weight is 712 g/mol.